The summed E-state index contributed by atoms with van der Waals surface area (Å²) in [5.41, 5.74) is 3.85. The Balaban J connectivity index is 1.57. The Labute approximate surface area is 140 Å². The van der Waals surface area contributed by atoms with Gasteiger partial charge in [-0.05, 0) is 23.8 Å². The molecule has 24 heavy (non-hydrogen) atoms. The quantitative estimate of drug-likeness (QED) is 0.796. The lowest BCUT2D eigenvalue weighted by atomic mass is 10.1. The van der Waals surface area contributed by atoms with E-state index < -0.39 is 0 Å². The Hall–Kier alpha value is -2.44. The van der Waals surface area contributed by atoms with Crippen molar-refractivity contribution in [3.8, 4) is 16.9 Å². The molecule has 0 atom stereocenters. The Bertz CT molecular complexity index is 823. The molecule has 0 radical (unpaired) electrons. The fourth-order valence-electron chi connectivity index (χ4n) is 3.01. The van der Waals surface area contributed by atoms with Gasteiger partial charge in [0, 0.05) is 37.9 Å². The van der Waals surface area contributed by atoms with Crippen molar-refractivity contribution in [2.75, 3.05) is 32.8 Å². The highest BCUT2D eigenvalue weighted by Gasteiger charge is 2.12. The van der Waals surface area contributed by atoms with Crippen LogP contribution in [0.4, 0.5) is 0 Å². The molecule has 3 heterocycles. The predicted molar refractivity (Wildman–Crippen MR) is 91.9 cm³/mol. The minimum absolute atomic E-state index is 0.267. The van der Waals surface area contributed by atoms with Crippen LogP contribution in [0, 0.1) is 0 Å². The SMILES string of the molecule is Oc1ccc(-c2cnc3ncn(CCN4CCOCC4)c3c2)cc1. The number of aromatic nitrogens is 3. The van der Waals surface area contributed by atoms with E-state index in [9.17, 15) is 5.11 Å². The van der Waals surface area contributed by atoms with Crippen molar-refractivity contribution in [3.05, 3.63) is 42.9 Å². The average Bonchev–Trinajstić information content (AvgIpc) is 3.04. The number of hydrogen-bond acceptors (Lipinski definition) is 5. The fourth-order valence-corrected chi connectivity index (χ4v) is 3.01. The lowest BCUT2D eigenvalue weighted by Gasteiger charge is -2.26. The van der Waals surface area contributed by atoms with E-state index in [2.05, 4.69) is 25.5 Å². The van der Waals surface area contributed by atoms with Gasteiger partial charge in [0.1, 0.15) is 5.75 Å². The van der Waals surface area contributed by atoms with E-state index in [1.54, 1.807) is 12.1 Å². The van der Waals surface area contributed by atoms with E-state index in [4.69, 9.17) is 4.74 Å². The molecule has 6 nitrogen and oxygen atoms in total. The number of pyridine rings is 1. The van der Waals surface area contributed by atoms with Crippen LogP contribution in [0.2, 0.25) is 0 Å². The number of aromatic hydroxyl groups is 1. The van der Waals surface area contributed by atoms with Crippen LogP contribution in [0.1, 0.15) is 0 Å². The monoisotopic (exact) mass is 324 g/mol. The lowest BCUT2D eigenvalue weighted by Crippen LogP contribution is -2.38. The molecular weight excluding hydrogens is 304 g/mol. The Morgan fingerprint density at radius 1 is 1.00 bits per heavy atom. The van der Waals surface area contributed by atoms with Gasteiger partial charge < -0.3 is 14.4 Å². The number of rotatable bonds is 4. The first-order valence-electron chi connectivity index (χ1n) is 8.20. The number of phenols is 1. The summed E-state index contributed by atoms with van der Waals surface area (Å²) >= 11 is 0. The molecule has 1 N–H and O–H groups in total. The van der Waals surface area contributed by atoms with Crippen molar-refractivity contribution < 1.29 is 9.84 Å². The molecule has 2 aromatic heterocycles. The van der Waals surface area contributed by atoms with Gasteiger partial charge in [0.05, 0.1) is 25.1 Å². The summed E-state index contributed by atoms with van der Waals surface area (Å²) in [6, 6.07) is 9.28. The van der Waals surface area contributed by atoms with Crippen molar-refractivity contribution in [1.82, 2.24) is 19.4 Å². The highest BCUT2D eigenvalue weighted by atomic mass is 16.5. The minimum atomic E-state index is 0.267. The fraction of sp³-hybridized carbons (Fsp3) is 0.333. The number of fused-ring (bicyclic) bond motifs is 1. The number of morpholine rings is 1. The summed E-state index contributed by atoms with van der Waals surface area (Å²) in [5.74, 6) is 0.267. The maximum Gasteiger partial charge on any atom is 0.177 e. The molecule has 124 valence electrons. The number of hydrogen-bond donors (Lipinski definition) is 1. The number of benzene rings is 1. The lowest BCUT2D eigenvalue weighted by molar-refractivity contribution is 0.0365. The summed E-state index contributed by atoms with van der Waals surface area (Å²) in [7, 11) is 0. The second-order valence-corrected chi connectivity index (χ2v) is 6.01. The molecule has 1 fully saturated rings. The van der Waals surface area contributed by atoms with E-state index >= 15 is 0 Å². The van der Waals surface area contributed by atoms with Gasteiger partial charge in [0.25, 0.3) is 0 Å². The van der Waals surface area contributed by atoms with Crippen molar-refractivity contribution in [3.63, 3.8) is 0 Å². The van der Waals surface area contributed by atoms with Crippen LogP contribution in [0.3, 0.4) is 0 Å². The van der Waals surface area contributed by atoms with Crippen LogP contribution in [-0.4, -0.2) is 57.4 Å². The minimum Gasteiger partial charge on any atom is -0.508 e. The molecule has 1 aromatic carbocycles. The average molecular weight is 324 g/mol. The molecule has 4 rings (SSSR count). The summed E-state index contributed by atoms with van der Waals surface area (Å²) in [5, 5.41) is 9.44. The van der Waals surface area contributed by atoms with Crippen molar-refractivity contribution in [2.45, 2.75) is 6.54 Å². The van der Waals surface area contributed by atoms with Gasteiger partial charge >= 0.3 is 0 Å². The van der Waals surface area contributed by atoms with Crippen molar-refractivity contribution >= 4 is 11.2 Å². The van der Waals surface area contributed by atoms with Crippen LogP contribution in [-0.2, 0) is 11.3 Å². The van der Waals surface area contributed by atoms with Gasteiger partial charge in [-0.3, -0.25) is 4.90 Å². The van der Waals surface area contributed by atoms with Crippen molar-refractivity contribution in [1.29, 1.82) is 0 Å². The third-order valence-electron chi connectivity index (χ3n) is 4.44. The number of ether oxygens (including phenoxy) is 1. The normalized spacial score (nSPS) is 15.8. The Morgan fingerprint density at radius 3 is 2.58 bits per heavy atom. The van der Waals surface area contributed by atoms with Gasteiger partial charge in [0.2, 0.25) is 0 Å². The molecule has 0 bridgehead atoms. The summed E-state index contributed by atoms with van der Waals surface area (Å²) in [6.07, 6.45) is 3.69. The number of phenolic OH excluding ortho intramolecular Hbond substituents is 1. The first-order valence-corrected chi connectivity index (χ1v) is 8.20. The van der Waals surface area contributed by atoms with Crippen LogP contribution < -0.4 is 0 Å². The summed E-state index contributed by atoms with van der Waals surface area (Å²) in [6.45, 7) is 5.48. The summed E-state index contributed by atoms with van der Waals surface area (Å²) in [4.78, 5) is 11.3. The van der Waals surface area contributed by atoms with Gasteiger partial charge in [-0.2, -0.15) is 0 Å². The highest BCUT2D eigenvalue weighted by molar-refractivity contribution is 5.78. The standard InChI is InChI=1S/C18H20N4O2/c23-16-3-1-14(2-4-16)15-11-17-18(19-12-15)20-13-22(17)6-5-21-7-9-24-10-8-21/h1-4,11-13,23H,5-10H2. The zero-order valence-electron chi connectivity index (χ0n) is 13.4. The molecule has 0 aliphatic carbocycles. The number of nitrogens with zero attached hydrogens (tertiary/aromatic N) is 4. The second-order valence-electron chi connectivity index (χ2n) is 6.01. The van der Waals surface area contributed by atoms with Gasteiger partial charge in [0.15, 0.2) is 5.65 Å². The molecular formula is C18H20N4O2. The molecule has 0 saturated carbocycles. The van der Waals surface area contributed by atoms with E-state index in [1.807, 2.05) is 24.7 Å². The van der Waals surface area contributed by atoms with Gasteiger partial charge in [-0.25, -0.2) is 9.97 Å². The molecule has 1 aliphatic heterocycles. The number of imidazole rings is 1. The molecule has 1 aliphatic rings. The third-order valence-corrected chi connectivity index (χ3v) is 4.44. The van der Waals surface area contributed by atoms with E-state index in [0.29, 0.717) is 0 Å². The van der Waals surface area contributed by atoms with Crippen LogP contribution in [0.5, 0.6) is 5.75 Å². The first kappa shape index (κ1) is 15.1. The van der Waals surface area contributed by atoms with Crippen molar-refractivity contribution in [2.24, 2.45) is 0 Å². The van der Waals surface area contributed by atoms with Crippen LogP contribution in [0.25, 0.3) is 22.3 Å². The molecule has 0 unspecified atom stereocenters. The van der Waals surface area contributed by atoms with E-state index in [1.165, 1.54) is 0 Å². The van der Waals surface area contributed by atoms with Gasteiger partial charge in [-0.15, -0.1) is 0 Å². The summed E-state index contributed by atoms with van der Waals surface area (Å²) < 4.78 is 7.55. The molecule has 0 spiro atoms. The maximum absolute atomic E-state index is 9.44. The Morgan fingerprint density at radius 2 is 1.79 bits per heavy atom. The molecule has 6 heteroatoms. The Kier molecular flexibility index (Phi) is 4.15. The zero-order chi connectivity index (χ0) is 16.4. The van der Waals surface area contributed by atoms with E-state index in [0.717, 1.165) is 61.7 Å². The van der Waals surface area contributed by atoms with Crippen LogP contribution >= 0.6 is 0 Å². The predicted octanol–water partition coefficient (Wildman–Crippen LogP) is 2.14. The first-order chi connectivity index (χ1) is 11.8. The zero-order valence-corrected chi connectivity index (χ0v) is 13.4. The second kappa shape index (κ2) is 6.59. The molecule has 3 aromatic rings. The third kappa shape index (κ3) is 3.11. The topological polar surface area (TPSA) is 63.4 Å². The molecule has 0 amide bonds. The maximum atomic E-state index is 9.44. The molecule has 1 saturated heterocycles. The van der Waals surface area contributed by atoms with Gasteiger partial charge in [-0.1, -0.05) is 12.1 Å². The van der Waals surface area contributed by atoms with E-state index in [-0.39, 0.29) is 5.75 Å². The largest absolute Gasteiger partial charge is 0.508 e. The smallest absolute Gasteiger partial charge is 0.177 e. The van der Waals surface area contributed by atoms with Crippen LogP contribution in [0.15, 0.2) is 42.9 Å². The highest BCUT2D eigenvalue weighted by Crippen LogP contribution is 2.24.